The van der Waals surface area contributed by atoms with Crippen LogP contribution in [-0.2, 0) is 0 Å². The summed E-state index contributed by atoms with van der Waals surface area (Å²) in [5, 5.41) is 7.19. The SMILES string of the molecule is Cc1ccccc1C(C)NC(=S)NC(C)C. The fourth-order valence-electron chi connectivity index (χ4n) is 1.65. The van der Waals surface area contributed by atoms with Gasteiger partial charge in [0.1, 0.15) is 0 Å². The highest BCUT2D eigenvalue weighted by Crippen LogP contribution is 2.16. The van der Waals surface area contributed by atoms with E-state index in [2.05, 4.69) is 62.6 Å². The monoisotopic (exact) mass is 236 g/mol. The quantitative estimate of drug-likeness (QED) is 0.789. The Bertz CT molecular complexity index is 361. The van der Waals surface area contributed by atoms with Gasteiger partial charge in [-0.1, -0.05) is 24.3 Å². The molecule has 0 heterocycles. The van der Waals surface area contributed by atoms with E-state index in [-0.39, 0.29) is 6.04 Å². The molecule has 0 amide bonds. The van der Waals surface area contributed by atoms with Crippen LogP contribution in [0.4, 0.5) is 0 Å². The molecule has 0 bridgehead atoms. The standard InChI is InChI=1S/C13H20N2S/c1-9(2)14-13(16)15-11(4)12-8-6-5-7-10(12)3/h5-9,11H,1-4H3,(H2,14,15,16). The average Bonchev–Trinajstić information content (AvgIpc) is 2.16. The Balaban J connectivity index is 2.62. The van der Waals surface area contributed by atoms with Crippen molar-refractivity contribution in [1.29, 1.82) is 0 Å². The van der Waals surface area contributed by atoms with Gasteiger partial charge >= 0.3 is 0 Å². The number of hydrogen-bond acceptors (Lipinski definition) is 1. The van der Waals surface area contributed by atoms with E-state index < -0.39 is 0 Å². The van der Waals surface area contributed by atoms with E-state index in [1.54, 1.807) is 0 Å². The molecule has 1 aromatic rings. The zero-order chi connectivity index (χ0) is 12.1. The first kappa shape index (κ1) is 13.0. The van der Waals surface area contributed by atoms with Gasteiger partial charge in [-0.05, 0) is 51.0 Å². The van der Waals surface area contributed by atoms with Gasteiger partial charge in [-0.3, -0.25) is 0 Å². The zero-order valence-corrected chi connectivity index (χ0v) is 11.2. The third kappa shape index (κ3) is 3.81. The van der Waals surface area contributed by atoms with Crippen molar-refractivity contribution in [2.75, 3.05) is 0 Å². The van der Waals surface area contributed by atoms with Crippen LogP contribution in [0.5, 0.6) is 0 Å². The first-order chi connectivity index (χ1) is 7.50. The molecular weight excluding hydrogens is 216 g/mol. The van der Waals surface area contributed by atoms with Gasteiger partial charge in [0, 0.05) is 6.04 Å². The molecule has 0 aliphatic carbocycles. The largest absolute Gasteiger partial charge is 0.361 e. The minimum atomic E-state index is 0.236. The third-order valence-electron chi connectivity index (χ3n) is 2.42. The molecule has 0 aromatic heterocycles. The molecule has 16 heavy (non-hydrogen) atoms. The summed E-state index contributed by atoms with van der Waals surface area (Å²) in [4.78, 5) is 0. The molecule has 0 saturated carbocycles. The van der Waals surface area contributed by atoms with Crippen LogP contribution >= 0.6 is 12.2 Å². The zero-order valence-electron chi connectivity index (χ0n) is 10.4. The van der Waals surface area contributed by atoms with Gasteiger partial charge in [0.25, 0.3) is 0 Å². The number of aryl methyl sites for hydroxylation is 1. The summed E-state index contributed by atoms with van der Waals surface area (Å²) in [7, 11) is 0. The second-order valence-corrected chi connectivity index (χ2v) is 4.76. The summed E-state index contributed by atoms with van der Waals surface area (Å²) >= 11 is 5.23. The summed E-state index contributed by atoms with van der Waals surface area (Å²) in [5.74, 6) is 0. The second-order valence-electron chi connectivity index (χ2n) is 4.35. The van der Waals surface area contributed by atoms with Crippen molar-refractivity contribution in [3.63, 3.8) is 0 Å². The molecule has 0 saturated heterocycles. The van der Waals surface area contributed by atoms with Crippen LogP contribution in [-0.4, -0.2) is 11.2 Å². The van der Waals surface area contributed by atoms with Gasteiger partial charge in [-0.25, -0.2) is 0 Å². The number of hydrogen-bond donors (Lipinski definition) is 2. The first-order valence-corrected chi connectivity index (χ1v) is 6.04. The lowest BCUT2D eigenvalue weighted by molar-refractivity contribution is 0.661. The molecule has 88 valence electrons. The van der Waals surface area contributed by atoms with Crippen LogP contribution in [0, 0.1) is 6.92 Å². The third-order valence-corrected chi connectivity index (χ3v) is 2.66. The van der Waals surface area contributed by atoms with Crippen LogP contribution in [0.3, 0.4) is 0 Å². The van der Waals surface area contributed by atoms with Gasteiger partial charge in [-0.2, -0.15) is 0 Å². The summed E-state index contributed by atoms with van der Waals surface area (Å²) in [6, 6.07) is 8.96. The maximum absolute atomic E-state index is 5.23. The van der Waals surface area contributed by atoms with E-state index >= 15 is 0 Å². The summed E-state index contributed by atoms with van der Waals surface area (Å²) in [6.45, 7) is 8.39. The Morgan fingerprint density at radius 3 is 2.31 bits per heavy atom. The Morgan fingerprint density at radius 2 is 1.75 bits per heavy atom. The minimum absolute atomic E-state index is 0.236. The molecule has 1 aromatic carbocycles. The lowest BCUT2D eigenvalue weighted by Crippen LogP contribution is -2.40. The van der Waals surface area contributed by atoms with E-state index in [9.17, 15) is 0 Å². The van der Waals surface area contributed by atoms with E-state index in [4.69, 9.17) is 12.2 Å². The van der Waals surface area contributed by atoms with Crippen LogP contribution in [0.1, 0.15) is 37.9 Å². The van der Waals surface area contributed by atoms with Crippen molar-refractivity contribution in [2.24, 2.45) is 0 Å². The molecule has 0 aliphatic heterocycles. The van der Waals surface area contributed by atoms with Crippen LogP contribution in [0.15, 0.2) is 24.3 Å². The molecule has 2 nitrogen and oxygen atoms in total. The number of nitrogens with one attached hydrogen (secondary N) is 2. The molecule has 1 rings (SSSR count). The predicted molar refractivity (Wildman–Crippen MR) is 73.6 cm³/mol. The highest BCUT2D eigenvalue weighted by Gasteiger charge is 2.09. The minimum Gasteiger partial charge on any atom is -0.361 e. The Hall–Kier alpha value is -1.09. The average molecular weight is 236 g/mol. The lowest BCUT2D eigenvalue weighted by Gasteiger charge is -2.20. The van der Waals surface area contributed by atoms with Crippen LogP contribution < -0.4 is 10.6 Å². The maximum Gasteiger partial charge on any atom is 0.166 e. The summed E-state index contributed by atoms with van der Waals surface area (Å²) in [5.41, 5.74) is 2.57. The van der Waals surface area contributed by atoms with E-state index in [1.165, 1.54) is 11.1 Å². The van der Waals surface area contributed by atoms with Gasteiger partial charge in [0.2, 0.25) is 0 Å². The van der Waals surface area contributed by atoms with E-state index in [0.29, 0.717) is 11.2 Å². The Morgan fingerprint density at radius 1 is 1.12 bits per heavy atom. The van der Waals surface area contributed by atoms with Crippen LogP contribution in [0.25, 0.3) is 0 Å². The number of benzene rings is 1. The lowest BCUT2D eigenvalue weighted by atomic mass is 10.0. The smallest absolute Gasteiger partial charge is 0.166 e. The normalized spacial score (nSPS) is 12.3. The summed E-state index contributed by atoms with van der Waals surface area (Å²) in [6.07, 6.45) is 0. The molecule has 0 spiro atoms. The molecular formula is C13H20N2S. The van der Waals surface area contributed by atoms with Crippen molar-refractivity contribution in [2.45, 2.75) is 39.8 Å². The molecule has 0 fully saturated rings. The highest BCUT2D eigenvalue weighted by molar-refractivity contribution is 7.80. The number of rotatable bonds is 3. The van der Waals surface area contributed by atoms with Gasteiger partial charge in [0.15, 0.2) is 5.11 Å². The van der Waals surface area contributed by atoms with Crippen molar-refractivity contribution in [3.05, 3.63) is 35.4 Å². The molecule has 0 radical (unpaired) electrons. The van der Waals surface area contributed by atoms with Gasteiger partial charge in [0.05, 0.1) is 6.04 Å². The fourth-order valence-corrected chi connectivity index (χ4v) is 2.06. The highest BCUT2D eigenvalue weighted by atomic mass is 32.1. The predicted octanol–water partition coefficient (Wildman–Crippen LogP) is 2.93. The Kier molecular flexibility index (Phi) is 4.74. The number of thiocarbonyl (C=S) groups is 1. The van der Waals surface area contributed by atoms with Gasteiger partial charge < -0.3 is 10.6 Å². The molecule has 1 atom stereocenters. The van der Waals surface area contributed by atoms with Crippen molar-refractivity contribution in [3.8, 4) is 0 Å². The molecule has 1 unspecified atom stereocenters. The second kappa shape index (κ2) is 5.85. The van der Waals surface area contributed by atoms with Gasteiger partial charge in [-0.15, -0.1) is 0 Å². The topological polar surface area (TPSA) is 24.1 Å². The van der Waals surface area contributed by atoms with Crippen molar-refractivity contribution >= 4 is 17.3 Å². The maximum atomic E-state index is 5.23. The van der Waals surface area contributed by atoms with Crippen LogP contribution in [0.2, 0.25) is 0 Å². The van der Waals surface area contributed by atoms with Crippen molar-refractivity contribution in [1.82, 2.24) is 10.6 Å². The molecule has 2 N–H and O–H groups in total. The van der Waals surface area contributed by atoms with Crippen molar-refractivity contribution < 1.29 is 0 Å². The summed E-state index contributed by atoms with van der Waals surface area (Å²) < 4.78 is 0. The first-order valence-electron chi connectivity index (χ1n) is 5.63. The fraction of sp³-hybridized carbons (Fsp3) is 0.462. The van der Waals surface area contributed by atoms with E-state index in [0.717, 1.165) is 0 Å². The Labute approximate surface area is 103 Å². The van der Waals surface area contributed by atoms with E-state index in [1.807, 2.05) is 0 Å². The molecule has 3 heteroatoms. The molecule has 0 aliphatic rings.